The van der Waals surface area contributed by atoms with Crippen LogP contribution < -0.4 is 5.32 Å². The van der Waals surface area contributed by atoms with Gasteiger partial charge in [0.1, 0.15) is 5.69 Å². The van der Waals surface area contributed by atoms with E-state index in [4.69, 9.17) is 0 Å². The summed E-state index contributed by atoms with van der Waals surface area (Å²) in [5.41, 5.74) is 0.976. The third kappa shape index (κ3) is 2.97. The second-order valence-electron chi connectivity index (χ2n) is 4.17. The smallest absolute Gasteiger partial charge is 0.261 e. The monoisotopic (exact) mass is 303 g/mol. The highest BCUT2D eigenvalue weighted by molar-refractivity contribution is 7.13. The molecule has 0 saturated heterocycles. The third-order valence-electron chi connectivity index (χ3n) is 2.79. The molecule has 3 aromatic rings. The number of nitrogens with zero attached hydrogens (tertiary/aromatic N) is 2. The van der Waals surface area contributed by atoms with Crippen LogP contribution in [0.15, 0.2) is 47.3 Å². The van der Waals surface area contributed by atoms with Crippen molar-refractivity contribution in [3.8, 4) is 10.6 Å². The first kappa shape index (κ1) is 13.1. The predicted molar refractivity (Wildman–Crippen MR) is 82.2 cm³/mol. The van der Waals surface area contributed by atoms with Crippen LogP contribution in [0.25, 0.3) is 10.6 Å². The molecule has 20 heavy (non-hydrogen) atoms. The number of carbonyl (C=O) groups is 1. The van der Waals surface area contributed by atoms with Crippen LogP contribution in [0, 0.1) is 0 Å². The van der Waals surface area contributed by atoms with Gasteiger partial charge in [0.15, 0.2) is 0 Å². The average molecular weight is 303 g/mol. The second kappa shape index (κ2) is 6.02. The highest BCUT2D eigenvalue weighted by atomic mass is 32.1. The first-order chi connectivity index (χ1) is 9.83. The van der Waals surface area contributed by atoms with E-state index in [0.29, 0.717) is 13.1 Å². The second-order valence-corrected chi connectivity index (χ2v) is 6.07. The number of hydrogen-bond donors (Lipinski definition) is 1. The lowest BCUT2D eigenvalue weighted by Crippen LogP contribution is -2.26. The molecule has 3 aromatic heterocycles. The number of aromatic nitrogens is 2. The molecule has 0 aromatic carbocycles. The largest absolute Gasteiger partial charge is 0.349 e. The van der Waals surface area contributed by atoms with Crippen molar-refractivity contribution in [3.63, 3.8) is 0 Å². The van der Waals surface area contributed by atoms with E-state index in [1.807, 2.05) is 45.9 Å². The van der Waals surface area contributed by atoms with Gasteiger partial charge in [-0.05, 0) is 29.0 Å². The van der Waals surface area contributed by atoms with Crippen molar-refractivity contribution in [2.75, 3.05) is 6.54 Å². The maximum Gasteiger partial charge on any atom is 0.261 e. The molecule has 0 radical (unpaired) electrons. The van der Waals surface area contributed by atoms with Crippen LogP contribution in [0.5, 0.6) is 0 Å². The summed E-state index contributed by atoms with van der Waals surface area (Å²) in [6.45, 7) is 1.24. The van der Waals surface area contributed by atoms with E-state index in [1.54, 1.807) is 11.3 Å². The Hall–Kier alpha value is -1.92. The van der Waals surface area contributed by atoms with Crippen LogP contribution in [0.3, 0.4) is 0 Å². The summed E-state index contributed by atoms with van der Waals surface area (Å²) >= 11 is 3.12. The summed E-state index contributed by atoms with van der Waals surface area (Å²) in [5, 5.41) is 11.3. The summed E-state index contributed by atoms with van der Waals surface area (Å²) < 4.78 is 1.85. The van der Waals surface area contributed by atoms with Crippen molar-refractivity contribution >= 4 is 28.6 Å². The number of amides is 1. The Balaban J connectivity index is 1.53. The summed E-state index contributed by atoms with van der Waals surface area (Å²) in [4.78, 5) is 13.7. The minimum atomic E-state index is -0.0226. The molecule has 0 bridgehead atoms. The Bertz CT molecular complexity index is 671. The SMILES string of the molecule is O=C(NCCn1ccc(-c2cccs2)n1)c1cccs1. The molecule has 0 fully saturated rings. The molecule has 0 aliphatic carbocycles. The van der Waals surface area contributed by atoms with Crippen LogP contribution in [0.2, 0.25) is 0 Å². The van der Waals surface area contributed by atoms with E-state index >= 15 is 0 Å². The first-order valence-electron chi connectivity index (χ1n) is 6.22. The molecule has 6 heteroatoms. The average Bonchev–Trinajstić information content (AvgIpc) is 3.20. The molecule has 102 valence electrons. The zero-order chi connectivity index (χ0) is 13.8. The van der Waals surface area contributed by atoms with Gasteiger partial charge in [-0.25, -0.2) is 0 Å². The normalized spacial score (nSPS) is 10.6. The molecular formula is C14H13N3OS2. The molecule has 0 saturated carbocycles. The van der Waals surface area contributed by atoms with Gasteiger partial charge in [0.25, 0.3) is 5.91 Å². The van der Waals surface area contributed by atoms with Crippen LogP contribution in [-0.4, -0.2) is 22.2 Å². The number of thiophene rings is 2. The molecule has 0 aliphatic rings. The van der Waals surface area contributed by atoms with E-state index in [0.717, 1.165) is 15.4 Å². The van der Waals surface area contributed by atoms with Gasteiger partial charge >= 0.3 is 0 Å². The number of hydrogen-bond acceptors (Lipinski definition) is 4. The number of nitrogens with one attached hydrogen (secondary N) is 1. The molecule has 1 N–H and O–H groups in total. The zero-order valence-electron chi connectivity index (χ0n) is 10.7. The maximum absolute atomic E-state index is 11.8. The minimum absolute atomic E-state index is 0.0226. The maximum atomic E-state index is 11.8. The van der Waals surface area contributed by atoms with E-state index in [9.17, 15) is 4.79 Å². The van der Waals surface area contributed by atoms with Crippen molar-refractivity contribution in [1.29, 1.82) is 0 Å². The van der Waals surface area contributed by atoms with Crippen molar-refractivity contribution in [2.24, 2.45) is 0 Å². The van der Waals surface area contributed by atoms with Gasteiger partial charge in [-0.3, -0.25) is 9.48 Å². The van der Waals surface area contributed by atoms with Crippen LogP contribution >= 0.6 is 22.7 Å². The lowest BCUT2D eigenvalue weighted by atomic mass is 10.3. The van der Waals surface area contributed by atoms with Crippen molar-refractivity contribution < 1.29 is 4.79 Å². The predicted octanol–water partition coefficient (Wildman–Crippen LogP) is 3.10. The van der Waals surface area contributed by atoms with Gasteiger partial charge in [-0.2, -0.15) is 5.10 Å². The van der Waals surface area contributed by atoms with Gasteiger partial charge in [0.2, 0.25) is 0 Å². The molecule has 0 spiro atoms. The highest BCUT2D eigenvalue weighted by Gasteiger charge is 2.06. The fourth-order valence-corrected chi connectivity index (χ4v) is 3.15. The first-order valence-corrected chi connectivity index (χ1v) is 7.98. The fourth-order valence-electron chi connectivity index (χ4n) is 1.82. The van der Waals surface area contributed by atoms with E-state index in [1.165, 1.54) is 11.3 Å². The quantitative estimate of drug-likeness (QED) is 0.787. The fraction of sp³-hybridized carbons (Fsp3) is 0.143. The standard InChI is InChI=1S/C14H13N3OS2/c18-14(13-4-2-10-20-13)15-6-8-17-7-5-11(16-17)12-3-1-9-19-12/h1-5,7,9-10H,6,8H2,(H,15,18). The van der Waals surface area contributed by atoms with Gasteiger partial charge in [-0.15, -0.1) is 22.7 Å². The van der Waals surface area contributed by atoms with Gasteiger partial charge in [-0.1, -0.05) is 12.1 Å². The van der Waals surface area contributed by atoms with Crippen LogP contribution in [-0.2, 0) is 6.54 Å². The molecule has 0 atom stereocenters. The molecule has 4 nitrogen and oxygen atoms in total. The lowest BCUT2D eigenvalue weighted by molar-refractivity contribution is 0.0956. The lowest BCUT2D eigenvalue weighted by Gasteiger charge is -2.03. The Labute approximate surface area is 124 Å². The summed E-state index contributed by atoms with van der Waals surface area (Å²) in [6, 6.07) is 9.76. The van der Waals surface area contributed by atoms with Crippen molar-refractivity contribution in [1.82, 2.24) is 15.1 Å². The van der Waals surface area contributed by atoms with Gasteiger partial charge in [0, 0.05) is 12.7 Å². The zero-order valence-corrected chi connectivity index (χ0v) is 12.3. The Kier molecular flexibility index (Phi) is 3.94. The molecule has 1 amide bonds. The summed E-state index contributed by atoms with van der Waals surface area (Å²) in [6.07, 6.45) is 1.94. The number of carbonyl (C=O) groups excluding carboxylic acids is 1. The Morgan fingerprint density at radius 1 is 1.20 bits per heavy atom. The highest BCUT2D eigenvalue weighted by Crippen LogP contribution is 2.22. The van der Waals surface area contributed by atoms with Gasteiger partial charge < -0.3 is 5.32 Å². The molecule has 0 unspecified atom stereocenters. The molecule has 0 aliphatic heterocycles. The number of rotatable bonds is 5. The Morgan fingerprint density at radius 3 is 2.80 bits per heavy atom. The van der Waals surface area contributed by atoms with E-state index in [-0.39, 0.29) is 5.91 Å². The van der Waals surface area contributed by atoms with Crippen molar-refractivity contribution in [3.05, 3.63) is 52.2 Å². The summed E-state index contributed by atoms with van der Waals surface area (Å²) in [7, 11) is 0. The van der Waals surface area contributed by atoms with E-state index in [2.05, 4.69) is 16.5 Å². The minimum Gasteiger partial charge on any atom is -0.349 e. The molecule has 3 heterocycles. The van der Waals surface area contributed by atoms with E-state index < -0.39 is 0 Å². The third-order valence-corrected chi connectivity index (χ3v) is 4.55. The van der Waals surface area contributed by atoms with Crippen LogP contribution in [0.1, 0.15) is 9.67 Å². The molecular weight excluding hydrogens is 290 g/mol. The van der Waals surface area contributed by atoms with Gasteiger partial charge in [0.05, 0.1) is 16.3 Å². The van der Waals surface area contributed by atoms with Crippen molar-refractivity contribution in [2.45, 2.75) is 6.54 Å². The van der Waals surface area contributed by atoms with Crippen LogP contribution in [0.4, 0.5) is 0 Å². The molecule has 3 rings (SSSR count). The topological polar surface area (TPSA) is 46.9 Å². The summed E-state index contributed by atoms with van der Waals surface area (Å²) in [5.74, 6) is -0.0226. The Morgan fingerprint density at radius 2 is 2.05 bits per heavy atom.